The summed E-state index contributed by atoms with van der Waals surface area (Å²) in [7, 11) is 1.83. The lowest BCUT2D eigenvalue weighted by Gasteiger charge is -2.39. The minimum atomic E-state index is 0.457. The molecule has 1 aromatic heterocycles. The Bertz CT molecular complexity index is 423. The Kier molecular flexibility index (Phi) is 4.60. The van der Waals surface area contributed by atoms with Crippen LogP contribution in [0.4, 0.5) is 0 Å². The molecule has 19 heavy (non-hydrogen) atoms. The van der Waals surface area contributed by atoms with Crippen LogP contribution in [0.15, 0.2) is 36.4 Å². The number of rotatable bonds is 3. The van der Waals surface area contributed by atoms with E-state index in [1.165, 1.54) is 0 Å². The van der Waals surface area contributed by atoms with Crippen LogP contribution >= 0.6 is 0 Å². The van der Waals surface area contributed by atoms with E-state index in [4.69, 9.17) is 0 Å². The number of likely N-dealkylation sites (tertiary alicyclic amines) is 1. The van der Waals surface area contributed by atoms with Gasteiger partial charge in [0.25, 0.3) is 0 Å². The first-order valence-electron chi connectivity index (χ1n) is 6.80. The van der Waals surface area contributed by atoms with Gasteiger partial charge in [-0.25, -0.2) is 4.98 Å². The van der Waals surface area contributed by atoms with Gasteiger partial charge in [0, 0.05) is 39.1 Å². The Morgan fingerprint density at radius 2 is 2.47 bits per heavy atom. The van der Waals surface area contributed by atoms with Gasteiger partial charge in [-0.3, -0.25) is 4.99 Å². The zero-order valence-electron chi connectivity index (χ0n) is 11.8. The SMILES string of the molecule is C=CCNC(=NC)N1CCC(C)C(n2ccnc2)C1. The van der Waals surface area contributed by atoms with E-state index in [-0.39, 0.29) is 0 Å². The first kappa shape index (κ1) is 13.6. The summed E-state index contributed by atoms with van der Waals surface area (Å²) in [6, 6.07) is 0.457. The van der Waals surface area contributed by atoms with Crippen molar-refractivity contribution in [3.05, 3.63) is 31.4 Å². The van der Waals surface area contributed by atoms with Crippen molar-refractivity contribution in [2.75, 3.05) is 26.7 Å². The average molecular weight is 261 g/mol. The number of imidazole rings is 1. The van der Waals surface area contributed by atoms with Crippen molar-refractivity contribution >= 4 is 5.96 Å². The highest BCUT2D eigenvalue weighted by molar-refractivity contribution is 5.80. The lowest BCUT2D eigenvalue weighted by atomic mass is 9.93. The van der Waals surface area contributed by atoms with Gasteiger partial charge in [-0.1, -0.05) is 13.0 Å². The molecule has 0 spiro atoms. The van der Waals surface area contributed by atoms with Crippen molar-refractivity contribution in [1.82, 2.24) is 19.8 Å². The lowest BCUT2D eigenvalue weighted by Crippen LogP contribution is -2.48. The molecule has 0 saturated carbocycles. The highest BCUT2D eigenvalue weighted by Gasteiger charge is 2.28. The molecule has 0 radical (unpaired) electrons. The molecule has 2 unspecified atom stereocenters. The van der Waals surface area contributed by atoms with Crippen LogP contribution in [-0.4, -0.2) is 47.1 Å². The largest absolute Gasteiger partial charge is 0.353 e. The molecule has 0 amide bonds. The molecule has 2 rings (SSSR count). The van der Waals surface area contributed by atoms with Gasteiger partial charge in [0.05, 0.1) is 12.4 Å². The zero-order chi connectivity index (χ0) is 13.7. The van der Waals surface area contributed by atoms with Crippen LogP contribution in [0.1, 0.15) is 19.4 Å². The fourth-order valence-electron chi connectivity index (χ4n) is 2.59. The highest BCUT2D eigenvalue weighted by Crippen LogP contribution is 2.27. The van der Waals surface area contributed by atoms with Crippen LogP contribution < -0.4 is 5.32 Å². The number of piperidine rings is 1. The summed E-state index contributed by atoms with van der Waals surface area (Å²) >= 11 is 0. The molecule has 5 nitrogen and oxygen atoms in total. The molecular formula is C14H23N5. The molecule has 1 aliphatic heterocycles. The molecule has 2 heterocycles. The summed E-state index contributed by atoms with van der Waals surface area (Å²) in [5.74, 6) is 1.61. The summed E-state index contributed by atoms with van der Waals surface area (Å²) in [6.07, 6.45) is 8.81. The Hall–Kier alpha value is -1.78. The quantitative estimate of drug-likeness (QED) is 0.510. The smallest absolute Gasteiger partial charge is 0.193 e. The van der Waals surface area contributed by atoms with Crippen LogP contribution in [-0.2, 0) is 0 Å². The van der Waals surface area contributed by atoms with Crippen molar-refractivity contribution in [3.63, 3.8) is 0 Å². The zero-order valence-corrected chi connectivity index (χ0v) is 11.8. The molecule has 0 bridgehead atoms. The maximum absolute atomic E-state index is 4.35. The third-order valence-electron chi connectivity index (χ3n) is 3.74. The second-order valence-corrected chi connectivity index (χ2v) is 5.01. The fourth-order valence-corrected chi connectivity index (χ4v) is 2.59. The highest BCUT2D eigenvalue weighted by atomic mass is 15.3. The van der Waals surface area contributed by atoms with Gasteiger partial charge in [0.15, 0.2) is 5.96 Å². The predicted molar refractivity (Wildman–Crippen MR) is 78.2 cm³/mol. The van der Waals surface area contributed by atoms with Crippen molar-refractivity contribution in [2.24, 2.45) is 10.9 Å². The number of aliphatic imine (C=N–C) groups is 1. The number of aromatic nitrogens is 2. The van der Waals surface area contributed by atoms with E-state index in [2.05, 4.69) is 38.3 Å². The van der Waals surface area contributed by atoms with Crippen LogP contribution in [0.3, 0.4) is 0 Å². The summed E-state index contributed by atoms with van der Waals surface area (Å²) in [5, 5.41) is 3.30. The number of nitrogens with one attached hydrogen (secondary N) is 1. The average Bonchev–Trinajstić information content (AvgIpc) is 2.95. The normalized spacial score (nSPS) is 24.3. The molecular weight excluding hydrogens is 238 g/mol. The molecule has 1 fully saturated rings. The van der Waals surface area contributed by atoms with E-state index < -0.39 is 0 Å². The molecule has 2 atom stereocenters. The standard InChI is InChI=1S/C14H23N5/c1-4-6-17-14(15-3)18-8-5-12(2)13(10-18)19-9-7-16-11-19/h4,7,9,11-13H,1,5-6,8,10H2,2-3H3,(H,15,17). The van der Waals surface area contributed by atoms with Crippen molar-refractivity contribution in [3.8, 4) is 0 Å². The topological polar surface area (TPSA) is 45.5 Å². The molecule has 0 aromatic carbocycles. The molecule has 1 aromatic rings. The van der Waals surface area contributed by atoms with E-state index in [1.54, 1.807) is 0 Å². The molecule has 1 N–H and O–H groups in total. The van der Waals surface area contributed by atoms with Crippen LogP contribution in [0, 0.1) is 5.92 Å². The van der Waals surface area contributed by atoms with E-state index in [0.717, 1.165) is 32.0 Å². The first-order valence-corrected chi connectivity index (χ1v) is 6.80. The Balaban J connectivity index is 2.06. The van der Waals surface area contributed by atoms with Crippen molar-refractivity contribution < 1.29 is 0 Å². The van der Waals surface area contributed by atoms with Crippen LogP contribution in [0.2, 0.25) is 0 Å². The van der Waals surface area contributed by atoms with E-state index in [9.17, 15) is 0 Å². The summed E-state index contributed by atoms with van der Waals surface area (Å²) < 4.78 is 2.21. The van der Waals surface area contributed by atoms with Gasteiger partial charge in [0.2, 0.25) is 0 Å². The molecule has 0 aliphatic carbocycles. The van der Waals surface area contributed by atoms with Gasteiger partial charge in [-0.15, -0.1) is 6.58 Å². The van der Waals surface area contributed by atoms with Gasteiger partial charge in [-0.05, 0) is 12.3 Å². The Morgan fingerprint density at radius 1 is 1.63 bits per heavy atom. The summed E-state index contributed by atoms with van der Waals surface area (Å²) in [4.78, 5) is 10.8. The minimum absolute atomic E-state index is 0.457. The first-order chi connectivity index (χ1) is 9.26. The second-order valence-electron chi connectivity index (χ2n) is 5.01. The Morgan fingerprint density at radius 3 is 3.11 bits per heavy atom. The number of guanidine groups is 1. The maximum atomic E-state index is 4.35. The number of nitrogens with zero attached hydrogens (tertiary/aromatic N) is 4. The maximum Gasteiger partial charge on any atom is 0.193 e. The molecule has 5 heteroatoms. The summed E-state index contributed by atoms with van der Waals surface area (Å²) in [6.45, 7) is 8.79. The van der Waals surface area contributed by atoms with E-state index >= 15 is 0 Å². The van der Waals surface area contributed by atoms with E-state index in [1.807, 2.05) is 31.8 Å². The molecule has 1 saturated heterocycles. The third-order valence-corrected chi connectivity index (χ3v) is 3.74. The lowest BCUT2D eigenvalue weighted by molar-refractivity contribution is 0.189. The van der Waals surface area contributed by atoms with Gasteiger partial charge < -0.3 is 14.8 Å². The third kappa shape index (κ3) is 3.16. The summed E-state index contributed by atoms with van der Waals surface area (Å²) in [5.41, 5.74) is 0. The Labute approximate surface area is 115 Å². The second kappa shape index (κ2) is 6.41. The fraction of sp³-hybridized carbons (Fsp3) is 0.571. The minimum Gasteiger partial charge on any atom is -0.353 e. The predicted octanol–water partition coefficient (Wildman–Crippen LogP) is 1.53. The monoisotopic (exact) mass is 261 g/mol. The van der Waals surface area contributed by atoms with Crippen LogP contribution in [0.25, 0.3) is 0 Å². The van der Waals surface area contributed by atoms with Crippen molar-refractivity contribution in [2.45, 2.75) is 19.4 Å². The molecule has 104 valence electrons. The van der Waals surface area contributed by atoms with Gasteiger partial charge >= 0.3 is 0 Å². The van der Waals surface area contributed by atoms with Gasteiger partial charge in [0.1, 0.15) is 0 Å². The van der Waals surface area contributed by atoms with Crippen LogP contribution in [0.5, 0.6) is 0 Å². The molecule has 1 aliphatic rings. The number of hydrogen-bond acceptors (Lipinski definition) is 2. The van der Waals surface area contributed by atoms with Gasteiger partial charge in [-0.2, -0.15) is 0 Å². The van der Waals surface area contributed by atoms with Crippen molar-refractivity contribution in [1.29, 1.82) is 0 Å². The number of hydrogen-bond donors (Lipinski definition) is 1. The van der Waals surface area contributed by atoms with E-state index in [0.29, 0.717) is 12.0 Å².